The van der Waals surface area contributed by atoms with Crippen LogP contribution in [-0.4, -0.2) is 26.8 Å². The summed E-state index contributed by atoms with van der Waals surface area (Å²) >= 11 is 0. The zero-order valence-electron chi connectivity index (χ0n) is 11.3. The number of amides is 1. The molecule has 0 aliphatic rings. The van der Waals surface area contributed by atoms with Gasteiger partial charge in [0, 0.05) is 0 Å². The largest absolute Gasteiger partial charge is 0.505 e. The van der Waals surface area contributed by atoms with E-state index < -0.39 is 17.2 Å². The van der Waals surface area contributed by atoms with Crippen molar-refractivity contribution in [2.24, 2.45) is 0 Å². The Labute approximate surface area is 106 Å². The van der Waals surface area contributed by atoms with Gasteiger partial charge < -0.3 is 15.2 Å². The Morgan fingerprint density at radius 3 is 2.17 bits per heavy atom. The lowest BCUT2D eigenvalue weighted by atomic mass is 10.1. The third kappa shape index (κ3) is 4.20. The minimum absolute atomic E-state index is 0.0215. The second-order valence-corrected chi connectivity index (χ2v) is 5.52. The first-order valence-corrected chi connectivity index (χ1v) is 5.63. The maximum atomic E-state index is 11.7. The van der Waals surface area contributed by atoms with E-state index in [-0.39, 0.29) is 5.75 Å². The Bertz CT molecular complexity index is 421. The van der Waals surface area contributed by atoms with E-state index in [1.165, 1.54) is 12.4 Å². The third-order valence-electron chi connectivity index (χ3n) is 2.01. The number of rotatable bonds is 2. The Morgan fingerprint density at radius 1 is 1.22 bits per heavy atom. The minimum atomic E-state index is -0.782. The molecule has 0 saturated carbocycles. The van der Waals surface area contributed by atoms with E-state index in [1.807, 2.05) is 0 Å². The summed E-state index contributed by atoms with van der Waals surface area (Å²) in [5.74, 6) is 0.373. The number of hydrogen-bond acceptors (Lipinski definition) is 5. The lowest BCUT2D eigenvalue weighted by Crippen LogP contribution is -2.44. The number of carbonyl (C=O) groups is 1. The van der Waals surface area contributed by atoms with E-state index in [2.05, 4.69) is 15.3 Å². The molecule has 100 valence electrons. The van der Waals surface area contributed by atoms with E-state index in [1.54, 1.807) is 34.6 Å². The highest BCUT2D eigenvalue weighted by Crippen LogP contribution is 2.18. The molecule has 0 atom stereocenters. The van der Waals surface area contributed by atoms with Crippen LogP contribution in [0.4, 0.5) is 4.79 Å². The van der Waals surface area contributed by atoms with Gasteiger partial charge in [0.1, 0.15) is 5.60 Å². The first kappa shape index (κ1) is 14.2. The molecule has 0 aliphatic heterocycles. The summed E-state index contributed by atoms with van der Waals surface area (Å²) in [4.78, 5) is 19.6. The lowest BCUT2D eigenvalue weighted by molar-refractivity contribution is 0.0466. The maximum Gasteiger partial charge on any atom is 0.408 e. The summed E-state index contributed by atoms with van der Waals surface area (Å²) < 4.78 is 5.16. The second-order valence-electron chi connectivity index (χ2n) is 5.52. The molecule has 0 spiro atoms. The van der Waals surface area contributed by atoms with Crippen LogP contribution in [0.2, 0.25) is 0 Å². The smallest absolute Gasteiger partial charge is 0.408 e. The number of hydrogen-bond donors (Lipinski definition) is 2. The van der Waals surface area contributed by atoms with Crippen LogP contribution < -0.4 is 5.32 Å². The van der Waals surface area contributed by atoms with Crippen LogP contribution in [0.3, 0.4) is 0 Å². The predicted octanol–water partition coefficient (Wildman–Crippen LogP) is 1.94. The average Bonchev–Trinajstić information content (AvgIpc) is 2.13. The highest BCUT2D eigenvalue weighted by Gasteiger charge is 2.28. The van der Waals surface area contributed by atoms with E-state index in [4.69, 9.17) is 9.84 Å². The molecule has 1 aromatic rings. The fourth-order valence-electron chi connectivity index (χ4n) is 1.26. The fourth-order valence-corrected chi connectivity index (χ4v) is 1.26. The Kier molecular flexibility index (Phi) is 3.79. The maximum absolute atomic E-state index is 11.7. The van der Waals surface area contributed by atoms with Gasteiger partial charge in [-0.25, -0.2) is 14.8 Å². The van der Waals surface area contributed by atoms with Crippen LogP contribution in [0, 0.1) is 0 Å². The molecule has 6 heteroatoms. The first-order chi connectivity index (χ1) is 8.10. The van der Waals surface area contributed by atoms with Gasteiger partial charge in [0.05, 0.1) is 17.9 Å². The molecule has 6 nitrogen and oxygen atoms in total. The molecule has 0 radical (unpaired) electrons. The molecule has 1 rings (SSSR count). The quantitative estimate of drug-likeness (QED) is 0.841. The molecule has 2 N–H and O–H groups in total. The van der Waals surface area contributed by atoms with Crippen molar-refractivity contribution in [3.63, 3.8) is 0 Å². The zero-order valence-corrected chi connectivity index (χ0v) is 11.3. The molecule has 0 aromatic carbocycles. The molecular formula is C12H19N3O3. The van der Waals surface area contributed by atoms with Gasteiger partial charge in [-0.15, -0.1) is 0 Å². The van der Waals surface area contributed by atoms with Crippen LogP contribution in [-0.2, 0) is 10.3 Å². The van der Waals surface area contributed by atoms with Gasteiger partial charge in [-0.2, -0.15) is 0 Å². The highest BCUT2D eigenvalue weighted by atomic mass is 16.6. The van der Waals surface area contributed by atoms with Crippen LogP contribution in [0.15, 0.2) is 12.4 Å². The number of aromatic nitrogens is 2. The van der Waals surface area contributed by atoms with Crippen LogP contribution in [0.5, 0.6) is 5.75 Å². The van der Waals surface area contributed by atoms with Crippen molar-refractivity contribution < 1.29 is 14.6 Å². The Hall–Kier alpha value is -1.85. The van der Waals surface area contributed by atoms with E-state index in [9.17, 15) is 4.79 Å². The number of nitrogens with one attached hydrogen (secondary N) is 1. The molecule has 1 amide bonds. The molecule has 0 saturated heterocycles. The monoisotopic (exact) mass is 253 g/mol. The number of nitrogens with zero attached hydrogens (tertiary/aromatic N) is 2. The summed E-state index contributed by atoms with van der Waals surface area (Å²) in [6.45, 7) is 8.87. The molecule has 0 aliphatic carbocycles. The standard InChI is InChI=1S/C12H19N3O3/c1-11(2,3)18-10(17)15-12(4,5)9-13-6-8(16)7-14-9/h6-7,16H,1-5H3,(H,15,17). The fraction of sp³-hybridized carbons (Fsp3) is 0.583. The van der Waals surface area contributed by atoms with Gasteiger partial charge in [-0.05, 0) is 34.6 Å². The molecule has 0 fully saturated rings. The molecule has 0 bridgehead atoms. The summed E-state index contributed by atoms with van der Waals surface area (Å²) in [5.41, 5.74) is -1.34. The normalized spacial score (nSPS) is 12.1. The van der Waals surface area contributed by atoms with Gasteiger partial charge >= 0.3 is 6.09 Å². The third-order valence-corrected chi connectivity index (χ3v) is 2.01. The molecule has 1 heterocycles. The number of carbonyl (C=O) groups excluding carboxylic acids is 1. The van der Waals surface area contributed by atoms with Crippen molar-refractivity contribution in [2.45, 2.75) is 45.8 Å². The summed E-state index contributed by atoms with van der Waals surface area (Å²) in [6.07, 6.45) is 2.02. The summed E-state index contributed by atoms with van der Waals surface area (Å²) in [5, 5.41) is 11.8. The van der Waals surface area contributed by atoms with Gasteiger partial charge in [-0.1, -0.05) is 0 Å². The number of ether oxygens (including phenoxy) is 1. The van der Waals surface area contributed by atoms with E-state index >= 15 is 0 Å². The lowest BCUT2D eigenvalue weighted by Gasteiger charge is -2.27. The van der Waals surface area contributed by atoms with Crippen molar-refractivity contribution in [3.8, 4) is 5.75 Å². The van der Waals surface area contributed by atoms with Gasteiger partial charge in [-0.3, -0.25) is 0 Å². The predicted molar refractivity (Wildman–Crippen MR) is 66.1 cm³/mol. The van der Waals surface area contributed by atoms with Crippen LogP contribution >= 0.6 is 0 Å². The summed E-state index contributed by atoms with van der Waals surface area (Å²) in [6, 6.07) is 0. The number of aromatic hydroxyl groups is 1. The molecule has 1 aromatic heterocycles. The Morgan fingerprint density at radius 2 is 1.72 bits per heavy atom. The van der Waals surface area contributed by atoms with Gasteiger partial charge in [0.25, 0.3) is 0 Å². The summed E-state index contributed by atoms with van der Waals surface area (Å²) in [7, 11) is 0. The first-order valence-electron chi connectivity index (χ1n) is 5.63. The van der Waals surface area contributed by atoms with Crippen LogP contribution in [0.1, 0.15) is 40.4 Å². The average molecular weight is 253 g/mol. The second kappa shape index (κ2) is 4.80. The molecule has 18 heavy (non-hydrogen) atoms. The van der Waals surface area contributed by atoms with Crippen molar-refractivity contribution in [1.29, 1.82) is 0 Å². The Balaban J connectivity index is 2.75. The van der Waals surface area contributed by atoms with E-state index in [0.717, 1.165) is 0 Å². The minimum Gasteiger partial charge on any atom is -0.505 e. The SMILES string of the molecule is CC(C)(C)OC(=O)NC(C)(C)c1ncc(O)cn1. The van der Waals surface area contributed by atoms with Crippen molar-refractivity contribution >= 4 is 6.09 Å². The van der Waals surface area contributed by atoms with Crippen molar-refractivity contribution in [3.05, 3.63) is 18.2 Å². The highest BCUT2D eigenvalue weighted by molar-refractivity contribution is 5.68. The molecule has 0 unspecified atom stereocenters. The van der Waals surface area contributed by atoms with Crippen LogP contribution in [0.25, 0.3) is 0 Å². The van der Waals surface area contributed by atoms with Gasteiger partial charge in [0.15, 0.2) is 11.6 Å². The number of alkyl carbamates (subject to hydrolysis) is 1. The molecular weight excluding hydrogens is 234 g/mol. The van der Waals surface area contributed by atoms with Crippen molar-refractivity contribution in [2.75, 3.05) is 0 Å². The van der Waals surface area contributed by atoms with E-state index in [0.29, 0.717) is 5.82 Å². The van der Waals surface area contributed by atoms with Crippen molar-refractivity contribution in [1.82, 2.24) is 15.3 Å². The van der Waals surface area contributed by atoms with Gasteiger partial charge in [0.2, 0.25) is 0 Å². The topological polar surface area (TPSA) is 84.3 Å². The zero-order chi connectivity index (χ0) is 14.0.